The number of nitrogens with two attached hydrogens (primary N) is 1. The summed E-state index contributed by atoms with van der Waals surface area (Å²) >= 11 is 0. The first-order valence-electron chi connectivity index (χ1n) is 7.50. The summed E-state index contributed by atoms with van der Waals surface area (Å²) in [6.07, 6.45) is 4.47. The molecule has 2 aliphatic rings. The standard InChI is InChI=1S/C16H22N2O2/c17-9-15-4-2-1-3-7-18(15)16(19)12-5-6-13-10-20-11-14(13)8-12/h5-6,8,15H,1-4,7,9-11,17H2. The third-order valence-corrected chi connectivity index (χ3v) is 4.38. The highest BCUT2D eigenvalue weighted by molar-refractivity contribution is 5.94. The predicted octanol–water partition coefficient (Wildman–Crippen LogP) is 2.06. The quantitative estimate of drug-likeness (QED) is 0.898. The number of nitrogens with zero attached hydrogens (tertiary/aromatic N) is 1. The molecule has 108 valence electrons. The van der Waals surface area contributed by atoms with Crippen LogP contribution in [-0.4, -0.2) is 29.9 Å². The van der Waals surface area contributed by atoms with E-state index in [2.05, 4.69) is 0 Å². The fourth-order valence-electron chi connectivity index (χ4n) is 3.16. The van der Waals surface area contributed by atoms with Crippen LogP contribution in [0.2, 0.25) is 0 Å². The highest BCUT2D eigenvalue weighted by atomic mass is 16.5. The van der Waals surface area contributed by atoms with Gasteiger partial charge in [0.25, 0.3) is 5.91 Å². The summed E-state index contributed by atoms with van der Waals surface area (Å²) in [6, 6.07) is 6.12. The number of benzene rings is 1. The van der Waals surface area contributed by atoms with Gasteiger partial charge in [-0.2, -0.15) is 0 Å². The summed E-state index contributed by atoms with van der Waals surface area (Å²) in [5.74, 6) is 0.122. The normalized spacial score (nSPS) is 22.4. The molecule has 1 unspecified atom stereocenters. The Kier molecular flexibility index (Phi) is 4.03. The second-order valence-electron chi connectivity index (χ2n) is 5.71. The molecule has 3 rings (SSSR count). The van der Waals surface area contributed by atoms with Crippen molar-refractivity contribution in [3.63, 3.8) is 0 Å². The van der Waals surface area contributed by atoms with E-state index >= 15 is 0 Å². The number of fused-ring (bicyclic) bond motifs is 1. The lowest BCUT2D eigenvalue weighted by molar-refractivity contribution is 0.0689. The van der Waals surface area contributed by atoms with E-state index in [9.17, 15) is 4.79 Å². The Labute approximate surface area is 119 Å². The molecular weight excluding hydrogens is 252 g/mol. The summed E-state index contributed by atoms with van der Waals surface area (Å²) in [4.78, 5) is 14.7. The van der Waals surface area contributed by atoms with Gasteiger partial charge in [0.05, 0.1) is 13.2 Å². The van der Waals surface area contributed by atoms with Crippen LogP contribution in [0.1, 0.15) is 47.2 Å². The van der Waals surface area contributed by atoms with Gasteiger partial charge in [-0.15, -0.1) is 0 Å². The summed E-state index contributed by atoms with van der Waals surface area (Å²) in [6.45, 7) is 2.67. The Balaban J connectivity index is 1.83. The van der Waals surface area contributed by atoms with Crippen molar-refractivity contribution in [3.8, 4) is 0 Å². The number of carbonyl (C=O) groups is 1. The van der Waals surface area contributed by atoms with Crippen LogP contribution in [0.3, 0.4) is 0 Å². The first-order chi connectivity index (χ1) is 9.79. The molecule has 1 amide bonds. The summed E-state index contributed by atoms with van der Waals surface area (Å²) in [7, 11) is 0. The lowest BCUT2D eigenvalue weighted by Crippen LogP contribution is -2.44. The SMILES string of the molecule is NCC1CCCCCN1C(=O)c1ccc2c(c1)COC2. The molecule has 2 heterocycles. The molecule has 2 aliphatic heterocycles. The third-order valence-electron chi connectivity index (χ3n) is 4.38. The van der Waals surface area contributed by atoms with Crippen molar-refractivity contribution < 1.29 is 9.53 Å². The predicted molar refractivity (Wildman–Crippen MR) is 77.3 cm³/mol. The minimum atomic E-state index is 0.122. The van der Waals surface area contributed by atoms with Gasteiger partial charge in [-0.25, -0.2) is 0 Å². The van der Waals surface area contributed by atoms with E-state index in [4.69, 9.17) is 10.5 Å². The third kappa shape index (κ3) is 2.58. The number of ether oxygens (including phenoxy) is 1. The molecule has 0 aliphatic carbocycles. The first-order valence-corrected chi connectivity index (χ1v) is 7.50. The lowest BCUT2D eigenvalue weighted by Gasteiger charge is -2.29. The molecule has 0 aromatic heterocycles. The van der Waals surface area contributed by atoms with Gasteiger partial charge in [-0.3, -0.25) is 4.79 Å². The lowest BCUT2D eigenvalue weighted by atomic mass is 10.0. The van der Waals surface area contributed by atoms with Crippen molar-refractivity contribution >= 4 is 5.91 Å². The Morgan fingerprint density at radius 3 is 2.95 bits per heavy atom. The molecule has 1 aromatic carbocycles. The zero-order valence-corrected chi connectivity index (χ0v) is 11.8. The summed E-state index contributed by atoms with van der Waals surface area (Å²) in [5.41, 5.74) is 8.98. The largest absolute Gasteiger partial charge is 0.372 e. The van der Waals surface area contributed by atoms with Crippen molar-refractivity contribution in [2.24, 2.45) is 5.73 Å². The fourth-order valence-corrected chi connectivity index (χ4v) is 3.16. The van der Waals surface area contributed by atoms with E-state index in [0.717, 1.165) is 30.5 Å². The Morgan fingerprint density at radius 1 is 1.25 bits per heavy atom. The molecule has 0 bridgehead atoms. The zero-order chi connectivity index (χ0) is 13.9. The van der Waals surface area contributed by atoms with Crippen LogP contribution in [-0.2, 0) is 18.0 Å². The highest BCUT2D eigenvalue weighted by Gasteiger charge is 2.26. The van der Waals surface area contributed by atoms with Gasteiger partial charge in [-0.1, -0.05) is 18.9 Å². The van der Waals surface area contributed by atoms with E-state index in [1.165, 1.54) is 18.4 Å². The maximum Gasteiger partial charge on any atom is 0.254 e. The van der Waals surface area contributed by atoms with E-state index in [-0.39, 0.29) is 11.9 Å². The van der Waals surface area contributed by atoms with Gasteiger partial charge in [0.1, 0.15) is 0 Å². The van der Waals surface area contributed by atoms with Gasteiger partial charge in [0, 0.05) is 24.7 Å². The van der Waals surface area contributed by atoms with Crippen molar-refractivity contribution in [3.05, 3.63) is 34.9 Å². The zero-order valence-electron chi connectivity index (χ0n) is 11.8. The van der Waals surface area contributed by atoms with E-state index in [0.29, 0.717) is 19.8 Å². The fraction of sp³-hybridized carbons (Fsp3) is 0.562. The number of carbonyl (C=O) groups excluding carboxylic acids is 1. The molecule has 2 N–H and O–H groups in total. The second-order valence-corrected chi connectivity index (χ2v) is 5.71. The minimum absolute atomic E-state index is 0.122. The van der Waals surface area contributed by atoms with Gasteiger partial charge < -0.3 is 15.4 Å². The van der Waals surface area contributed by atoms with E-state index < -0.39 is 0 Å². The van der Waals surface area contributed by atoms with Crippen molar-refractivity contribution in [1.82, 2.24) is 4.90 Å². The molecule has 0 radical (unpaired) electrons. The summed E-state index contributed by atoms with van der Waals surface area (Å²) in [5, 5.41) is 0. The second kappa shape index (κ2) is 5.94. The van der Waals surface area contributed by atoms with E-state index in [1.807, 2.05) is 23.1 Å². The molecule has 4 heteroatoms. The monoisotopic (exact) mass is 274 g/mol. The van der Waals surface area contributed by atoms with Crippen molar-refractivity contribution in [2.75, 3.05) is 13.1 Å². The Morgan fingerprint density at radius 2 is 2.10 bits per heavy atom. The molecule has 0 spiro atoms. The Hall–Kier alpha value is -1.39. The van der Waals surface area contributed by atoms with Crippen LogP contribution in [0.25, 0.3) is 0 Å². The maximum atomic E-state index is 12.8. The maximum absolute atomic E-state index is 12.8. The Bertz CT molecular complexity index is 501. The van der Waals surface area contributed by atoms with Gasteiger partial charge in [0.15, 0.2) is 0 Å². The summed E-state index contributed by atoms with van der Waals surface area (Å²) < 4.78 is 5.41. The van der Waals surface area contributed by atoms with Crippen molar-refractivity contribution in [2.45, 2.75) is 44.9 Å². The molecular formula is C16H22N2O2. The van der Waals surface area contributed by atoms with Gasteiger partial charge >= 0.3 is 0 Å². The average molecular weight is 274 g/mol. The minimum Gasteiger partial charge on any atom is -0.372 e. The van der Waals surface area contributed by atoms with Crippen LogP contribution in [0.4, 0.5) is 0 Å². The molecule has 0 saturated carbocycles. The average Bonchev–Trinajstić information content (AvgIpc) is 2.81. The molecule has 1 fully saturated rings. The van der Waals surface area contributed by atoms with E-state index in [1.54, 1.807) is 0 Å². The first kappa shape index (κ1) is 13.6. The van der Waals surface area contributed by atoms with Gasteiger partial charge in [0.2, 0.25) is 0 Å². The van der Waals surface area contributed by atoms with Gasteiger partial charge in [-0.05, 0) is 36.1 Å². The molecule has 1 saturated heterocycles. The number of likely N-dealkylation sites (tertiary alicyclic amines) is 1. The van der Waals surface area contributed by atoms with Crippen LogP contribution < -0.4 is 5.73 Å². The van der Waals surface area contributed by atoms with Crippen LogP contribution in [0.5, 0.6) is 0 Å². The highest BCUT2D eigenvalue weighted by Crippen LogP contribution is 2.23. The van der Waals surface area contributed by atoms with Crippen molar-refractivity contribution in [1.29, 1.82) is 0 Å². The number of hydrogen-bond acceptors (Lipinski definition) is 3. The number of hydrogen-bond donors (Lipinski definition) is 1. The molecule has 1 atom stereocenters. The smallest absolute Gasteiger partial charge is 0.254 e. The topological polar surface area (TPSA) is 55.6 Å². The molecule has 20 heavy (non-hydrogen) atoms. The molecule has 4 nitrogen and oxygen atoms in total. The number of amides is 1. The van der Waals surface area contributed by atoms with Crippen LogP contribution in [0, 0.1) is 0 Å². The molecule has 1 aromatic rings. The van der Waals surface area contributed by atoms with Crippen LogP contribution in [0.15, 0.2) is 18.2 Å². The van der Waals surface area contributed by atoms with Crippen LogP contribution >= 0.6 is 0 Å². The number of rotatable bonds is 2.